The first-order valence-electron chi connectivity index (χ1n) is 13.1. The van der Waals surface area contributed by atoms with Crippen molar-refractivity contribution in [3.63, 3.8) is 0 Å². The standard InChI is InChI=1S/C30H36ClN3O5S/c1-5-22(2)32-30(36)23(3)33(19-25-13-9-10-14-28(25)31)29(35)20-34(40(4,37)38)26-15-17-27(18-16-26)39-21-24-11-7-6-8-12-24/h6-18,22-23H,5,19-21H2,1-4H3,(H,32,36)/t22-,23+/m0/s1. The normalized spacial score (nSPS) is 12.7. The number of rotatable bonds is 13. The minimum Gasteiger partial charge on any atom is -0.489 e. The molecule has 0 spiro atoms. The molecule has 0 heterocycles. The maximum atomic E-state index is 13.7. The minimum absolute atomic E-state index is 0.0392. The highest BCUT2D eigenvalue weighted by Gasteiger charge is 2.30. The Balaban J connectivity index is 1.83. The number of carbonyl (C=O) groups excluding carboxylic acids is 2. The Bertz CT molecular complexity index is 1380. The second-order valence-corrected chi connectivity index (χ2v) is 12.0. The fourth-order valence-corrected chi connectivity index (χ4v) is 4.97. The van der Waals surface area contributed by atoms with Gasteiger partial charge < -0.3 is 15.0 Å². The van der Waals surface area contributed by atoms with Gasteiger partial charge in [0.05, 0.1) is 11.9 Å². The van der Waals surface area contributed by atoms with Crippen molar-refractivity contribution in [1.29, 1.82) is 0 Å². The van der Waals surface area contributed by atoms with Crippen molar-refractivity contribution in [2.24, 2.45) is 0 Å². The zero-order chi connectivity index (χ0) is 29.3. The number of halogens is 1. The van der Waals surface area contributed by atoms with E-state index in [-0.39, 0.29) is 18.5 Å². The van der Waals surface area contributed by atoms with Crippen LogP contribution in [0.2, 0.25) is 5.02 Å². The highest BCUT2D eigenvalue weighted by molar-refractivity contribution is 7.92. The molecule has 2 amide bonds. The Hall–Kier alpha value is -3.56. The summed E-state index contributed by atoms with van der Waals surface area (Å²) < 4.78 is 32.5. The van der Waals surface area contributed by atoms with E-state index in [9.17, 15) is 18.0 Å². The van der Waals surface area contributed by atoms with Gasteiger partial charge in [0, 0.05) is 17.6 Å². The first-order valence-corrected chi connectivity index (χ1v) is 15.3. The lowest BCUT2D eigenvalue weighted by Gasteiger charge is -2.32. The fraction of sp³-hybridized carbons (Fsp3) is 0.333. The SMILES string of the molecule is CC[C@H](C)NC(=O)[C@@H](C)N(Cc1ccccc1Cl)C(=O)CN(c1ccc(OCc2ccccc2)cc1)S(C)(=O)=O. The molecule has 8 nitrogen and oxygen atoms in total. The summed E-state index contributed by atoms with van der Waals surface area (Å²) in [4.78, 5) is 28.0. The summed E-state index contributed by atoms with van der Waals surface area (Å²) in [6, 6.07) is 22.2. The monoisotopic (exact) mass is 585 g/mol. The van der Waals surface area contributed by atoms with Crippen molar-refractivity contribution in [1.82, 2.24) is 10.2 Å². The van der Waals surface area contributed by atoms with Crippen LogP contribution in [0.5, 0.6) is 5.75 Å². The lowest BCUT2D eigenvalue weighted by molar-refractivity contribution is -0.139. The third-order valence-electron chi connectivity index (χ3n) is 6.52. The molecule has 0 saturated heterocycles. The van der Waals surface area contributed by atoms with Gasteiger partial charge in [-0.2, -0.15) is 0 Å². The number of anilines is 1. The maximum Gasteiger partial charge on any atom is 0.244 e. The third-order valence-corrected chi connectivity index (χ3v) is 8.03. The van der Waals surface area contributed by atoms with Gasteiger partial charge in [-0.15, -0.1) is 0 Å². The number of carbonyl (C=O) groups is 2. The van der Waals surface area contributed by atoms with Gasteiger partial charge in [-0.1, -0.05) is 67.1 Å². The first-order chi connectivity index (χ1) is 19.0. The Labute approximate surface area is 241 Å². The minimum atomic E-state index is -3.85. The van der Waals surface area contributed by atoms with Gasteiger partial charge in [-0.25, -0.2) is 8.42 Å². The first kappa shape index (κ1) is 31.0. The largest absolute Gasteiger partial charge is 0.489 e. The number of nitrogens with zero attached hydrogens (tertiary/aromatic N) is 2. The molecule has 3 aromatic carbocycles. The molecule has 0 aliphatic carbocycles. The fourth-order valence-electron chi connectivity index (χ4n) is 3.92. The number of hydrogen-bond acceptors (Lipinski definition) is 5. The molecule has 0 unspecified atom stereocenters. The van der Waals surface area contributed by atoms with Gasteiger partial charge in [-0.05, 0) is 61.7 Å². The van der Waals surface area contributed by atoms with Crippen LogP contribution in [-0.2, 0) is 32.8 Å². The Morgan fingerprint density at radius 1 is 0.950 bits per heavy atom. The number of sulfonamides is 1. The van der Waals surface area contributed by atoms with Gasteiger partial charge in [0.25, 0.3) is 0 Å². The quantitative estimate of drug-likeness (QED) is 0.304. The smallest absolute Gasteiger partial charge is 0.244 e. The molecule has 0 radical (unpaired) electrons. The molecule has 3 aromatic rings. The number of amides is 2. The molecule has 0 fully saturated rings. The van der Waals surface area contributed by atoms with Crippen LogP contribution in [0.15, 0.2) is 78.9 Å². The molecular formula is C30H36ClN3O5S. The second-order valence-electron chi connectivity index (χ2n) is 9.64. The van der Waals surface area contributed by atoms with E-state index in [2.05, 4.69) is 5.32 Å². The lowest BCUT2D eigenvalue weighted by atomic mass is 10.1. The van der Waals surface area contributed by atoms with Gasteiger partial charge >= 0.3 is 0 Å². The Morgan fingerprint density at radius 2 is 1.57 bits per heavy atom. The summed E-state index contributed by atoms with van der Waals surface area (Å²) in [6.07, 6.45) is 1.77. The van der Waals surface area contributed by atoms with Crippen LogP contribution in [-0.4, -0.2) is 50.0 Å². The molecular weight excluding hydrogens is 550 g/mol. The molecule has 0 bridgehead atoms. The summed E-state index contributed by atoms with van der Waals surface area (Å²) in [5.41, 5.74) is 1.95. The summed E-state index contributed by atoms with van der Waals surface area (Å²) in [5.74, 6) is -0.315. The number of benzene rings is 3. The summed E-state index contributed by atoms with van der Waals surface area (Å²) in [5, 5.41) is 3.34. The van der Waals surface area contributed by atoms with Crippen LogP contribution in [0.1, 0.15) is 38.3 Å². The zero-order valence-electron chi connectivity index (χ0n) is 23.2. The number of hydrogen-bond donors (Lipinski definition) is 1. The maximum absolute atomic E-state index is 13.7. The predicted octanol–water partition coefficient (Wildman–Crippen LogP) is 5.02. The van der Waals surface area contributed by atoms with E-state index >= 15 is 0 Å². The van der Waals surface area contributed by atoms with Crippen molar-refractivity contribution >= 4 is 39.1 Å². The number of nitrogens with one attached hydrogen (secondary N) is 1. The summed E-state index contributed by atoms with van der Waals surface area (Å²) in [7, 11) is -3.85. The molecule has 1 N–H and O–H groups in total. The highest BCUT2D eigenvalue weighted by Crippen LogP contribution is 2.24. The molecule has 3 rings (SSSR count). The predicted molar refractivity (Wildman–Crippen MR) is 159 cm³/mol. The Morgan fingerprint density at radius 3 is 2.17 bits per heavy atom. The van der Waals surface area contributed by atoms with Crippen molar-refractivity contribution in [2.45, 2.75) is 52.4 Å². The van der Waals surface area contributed by atoms with Crippen LogP contribution in [0, 0.1) is 0 Å². The van der Waals surface area contributed by atoms with Crippen LogP contribution >= 0.6 is 11.6 Å². The molecule has 40 heavy (non-hydrogen) atoms. The van der Waals surface area contributed by atoms with Crippen LogP contribution < -0.4 is 14.4 Å². The topological polar surface area (TPSA) is 96.0 Å². The van der Waals surface area contributed by atoms with Crippen molar-refractivity contribution < 1.29 is 22.7 Å². The van der Waals surface area contributed by atoms with Gasteiger partial charge in [0.1, 0.15) is 24.9 Å². The van der Waals surface area contributed by atoms with E-state index in [1.807, 2.05) is 44.2 Å². The summed E-state index contributed by atoms with van der Waals surface area (Å²) >= 11 is 6.36. The molecule has 0 aromatic heterocycles. The van der Waals surface area contributed by atoms with Crippen LogP contribution in [0.25, 0.3) is 0 Å². The third kappa shape index (κ3) is 8.72. The summed E-state index contributed by atoms with van der Waals surface area (Å²) in [6.45, 7) is 5.36. The highest BCUT2D eigenvalue weighted by atomic mass is 35.5. The molecule has 214 valence electrons. The van der Waals surface area contributed by atoms with E-state index in [1.165, 1.54) is 4.90 Å². The van der Waals surface area contributed by atoms with E-state index < -0.39 is 28.5 Å². The Kier molecular flexibility index (Phi) is 11.0. The van der Waals surface area contributed by atoms with Gasteiger partial charge in [0.2, 0.25) is 21.8 Å². The van der Waals surface area contributed by atoms with Gasteiger partial charge in [0.15, 0.2) is 0 Å². The zero-order valence-corrected chi connectivity index (χ0v) is 24.8. The second kappa shape index (κ2) is 14.2. The molecule has 10 heteroatoms. The molecule has 0 aliphatic heterocycles. The van der Waals surface area contributed by atoms with Gasteiger partial charge in [-0.3, -0.25) is 13.9 Å². The lowest BCUT2D eigenvalue weighted by Crippen LogP contribution is -2.52. The number of ether oxygens (including phenoxy) is 1. The molecule has 2 atom stereocenters. The van der Waals surface area contributed by atoms with Crippen molar-refractivity contribution in [2.75, 3.05) is 17.1 Å². The van der Waals surface area contributed by atoms with Crippen LogP contribution in [0.4, 0.5) is 5.69 Å². The average molecular weight is 586 g/mol. The van der Waals surface area contributed by atoms with E-state index in [1.54, 1.807) is 55.5 Å². The van der Waals surface area contributed by atoms with E-state index in [0.717, 1.165) is 22.5 Å². The van der Waals surface area contributed by atoms with Crippen molar-refractivity contribution in [3.05, 3.63) is 95.0 Å². The van der Waals surface area contributed by atoms with Crippen LogP contribution in [0.3, 0.4) is 0 Å². The van der Waals surface area contributed by atoms with E-state index in [0.29, 0.717) is 28.6 Å². The van der Waals surface area contributed by atoms with Crippen molar-refractivity contribution in [3.8, 4) is 5.75 Å². The van der Waals surface area contributed by atoms with E-state index in [4.69, 9.17) is 16.3 Å². The molecule has 0 aliphatic rings. The average Bonchev–Trinajstić information content (AvgIpc) is 2.94. The molecule has 0 saturated carbocycles.